The molecule has 1 aromatic carbocycles. The SMILES string of the molecule is O=C(O)/C=C/c1cccc(NC(=O)CC2CCNCC2)c1. The number of anilines is 1. The van der Waals surface area contributed by atoms with Crippen molar-refractivity contribution in [3.05, 3.63) is 35.9 Å². The van der Waals surface area contributed by atoms with Crippen LogP contribution in [0.5, 0.6) is 0 Å². The maximum atomic E-state index is 12.0. The zero-order chi connectivity index (χ0) is 15.1. The zero-order valence-corrected chi connectivity index (χ0v) is 11.8. The molecular weight excluding hydrogens is 268 g/mol. The number of carbonyl (C=O) groups is 2. The summed E-state index contributed by atoms with van der Waals surface area (Å²) in [6.45, 7) is 1.96. The molecule has 0 atom stereocenters. The average molecular weight is 288 g/mol. The molecule has 1 aliphatic rings. The van der Waals surface area contributed by atoms with E-state index in [1.165, 1.54) is 6.08 Å². The third-order valence-corrected chi connectivity index (χ3v) is 3.52. The number of rotatable bonds is 5. The first-order valence-corrected chi connectivity index (χ1v) is 7.15. The van der Waals surface area contributed by atoms with E-state index in [0.717, 1.165) is 37.6 Å². The van der Waals surface area contributed by atoms with Crippen LogP contribution in [0.2, 0.25) is 0 Å². The van der Waals surface area contributed by atoms with Gasteiger partial charge >= 0.3 is 5.97 Å². The van der Waals surface area contributed by atoms with Gasteiger partial charge in [0.25, 0.3) is 0 Å². The van der Waals surface area contributed by atoms with Crippen LogP contribution in [0, 0.1) is 5.92 Å². The molecule has 0 radical (unpaired) electrons. The van der Waals surface area contributed by atoms with Crippen molar-refractivity contribution in [3.63, 3.8) is 0 Å². The maximum absolute atomic E-state index is 12.0. The minimum atomic E-state index is -0.990. The number of amides is 1. The van der Waals surface area contributed by atoms with Crippen molar-refractivity contribution in [2.24, 2.45) is 5.92 Å². The van der Waals surface area contributed by atoms with Crippen LogP contribution in [0.4, 0.5) is 5.69 Å². The number of piperidine rings is 1. The van der Waals surface area contributed by atoms with Crippen molar-refractivity contribution in [1.82, 2.24) is 5.32 Å². The molecule has 0 bridgehead atoms. The van der Waals surface area contributed by atoms with E-state index in [1.807, 2.05) is 0 Å². The summed E-state index contributed by atoms with van der Waals surface area (Å²) in [7, 11) is 0. The second kappa shape index (κ2) is 7.59. The number of hydrogen-bond donors (Lipinski definition) is 3. The van der Waals surface area contributed by atoms with Gasteiger partial charge in [-0.1, -0.05) is 12.1 Å². The lowest BCUT2D eigenvalue weighted by Crippen LogP contribution is -2.30. The molecule has 1 aromatic rings. The number of hydrogen-bond acceptors (Lipinski definition) is 3. The summed E-state index contributed by atoms with van der Waals surface area (Å²) in [5.41, 5.74) is 1.44. The molecule has 0 unspecified atom stereocenters. The number of carboxylic acids is 1. The van der Waals surface area contributed by atoms with Gasteiger partial charge in [-0.25, -0.2) is 4.79 Å². The summed E-state index contributed by atoms with van der Waals surface area (Å²) >= 11 is 0. The Morgan fingerprint density at radius 1 is 1.33 bits per heavy atom. The van der Waals surface area contributed by atoms with Crippen molar-refractivity contribution in [2.75, 3.05) is 18.4 Å². The van der Waals surface area contributed by atoms with Crippen molar-refractivity contribution < 1.29 is 14.7 Å². The lowest BCUT2D eigenvalue weighted by atomic mass is 9.94. The third kappa shape index (κ3) is 5.39. The van der Waals surface area contributed by atoms with Gasteiger partial charge in [0.15, 0.2) is 0 Å². The molecule has 1 fully saturated rings. The van der Waals surface area contributed by atoms with Gasteiger partial charge in [-0.05, 0) is 55.6 Å². The Morgan fingerprint density at radius 2 is 2.10 bits per heavy atom. The van der Waals surface area contributed by atoms with Gasteiger partial charge in [0.05, 0.1) is 0 Å². The first-order valence-electron chi connectivity index (χ1n) is 7.15. The number of carbonyl (C=O) groups excluding carboxylic acids is 1. The highest BCUT2D eigenvalue weighted by Gasteiger charge is 2.16. The first kappa shape index (κ1) is 15.3. The number of benzene rings is 1. The van der Waals surface area contributed by atoms with Crippen LogP contribution in [-0.2, 0) is 9.59 Å². The molecule has 0 spiro atoms. The zero-order valence-electron chi connectivity index (χ0n) is 11.8. The van der Waals surface area contributed by atoms with Gasteiger partial charge < -0.3 is 15.7 Å². The molecule has 1 saturated heterocycles. The lowest BCUT2D eigenvalue weighted by molar-refractivity contribution is -0.131. The van der Waals surface area contributed by atoms with Crippen LogP contribution in [0.15, 0.2) is 30.3 Å². The smallest absolute Gasteiger partial charge is 0.328 e. The molecule has 21 heavy (non-hydrogen) atoms. The van der Waals surface area contributed by atoms with Gasteiger partial charge in [0.1, 0.15) is 0 Å². The molecule has 1 amide bonds. The Labute approximate surface area is 124 Å². The van der Waals surface area contributed by atoms with E-state index in [0.29, 0.717) is 18.0 Å². The van der Waals surface area contributed by atoms with Gasteiger partial charge in [-0.15, -0.1) is 0 Å². The van der Waals surface area contributed by atoms with Crippen molar-refractivity contribution in [3.8, 4) is 0 Å². The quantitative estimate of drug-likeness (QED) is 0.725. The van der Waals surface area contributed by atoms with E-state index in [2.05, 4.69) is 10.6 Å². The molecule has 5 nitrogen and oxygen atoms in total. The van der Waals surface area contributed by atoms with E-state index in [4.69, 9.17) is 5.11 Å². The Balaban J connectivity index is 1.90. The topological polar surface area (TPSA) is 78.4 Å². The summed E-state index contributed by atoms with van der Waals surface area (Å²) < 4.78 is 0. The van der Waals surface area contributed by atoms with Crippen molar-refractivity contribution >= 4 is 23.6 Å². The maximum Gasteiger partial charge on any atom is 0.328 e. The Bertz CT molecular complexity index is 534. The molecule has 112 valence electrons. The highest BCUT2D eigenvalue weighted by atomic mass is 16.4. The second-order valence-electron chi connectivity index (χ2n) is 5.24. The number of aliphatic carboxylic acids is 1. The summed E-state index contributed by atoms with van der Waals surface area (Å²) in [5, 5.41) is 14.8. The molecule has 1 aliphatic heterocycles. The van der Waals surface area contributed by atoms with Crippen LogP contribution in [-0.4, -0.2) is 30.1 Å². The molecule has 2 rings (SSSR count). The standard InChI is InChI=1S/C16H20N2O3/c19-15(11-13-6-8-17-9-7-13)18-14-3-1-2-12(10-14)4-5-16(20)21/h1-5,10,13,17H,6-9,11H2,(H,18,19)(H,20,21)/b5-4+. The van der Waals surface area contributed by atoms with E-state index >= 15 is 0 Å². The van der Waals surface area contributed by atoms with Gasteiger partial charge in [0.2, 0.25) is 5.91 Å². The first-order chi connectivity index (χ1) is 10.1. The Hall–Kier alpha value is -2.14. The average Bonchev–Trinajstić information content (AvgIpc) is 2.46. The summed E-state index contributed by atoms with van der Waals surface area (Å²) in [6.07, 6.45) is 5.20. The minimum Gasteiger partial charge on any atom is -0.478 e. The van der Waals surface area contributed by atoms with E-state index in [-0.39, 0.29) is 5.91 Å². The highest BCUT2D eigenvalue weighted by Crippen LogP contribution is 2.18. The molecule has 1 heterocycles. The normalized spacial score (nSPS) is 16.0. The molecule has 0 aliphatic carbocycles. The fourth-order valence-electron chi connectivity index (χ4n) is 2.45. The van der Waals surface area contributed by atoms with E-state index in [1.54, 1.807) is 24.3 Å². The summed E-state index contributed by atoms with van der Waals surface area (Å²) in [6, 6.07) is 7.15. The van der Waals surface area contributed by atoms with Crippen molar-refractivity contribution in [2.45, 2.75) is 19.3 Å². The predicted molar refractivity (Wildman–Crippen MR) is 82.0 cm³/mol. The summed E-state index contributed by atoms with van der Waals surface area (Å²) in [5.74, 6) is -0.530. The van der Waals surface area contributed by atoms with Crippen LogP contribution < -0.4 is 10.6 Å². The van der Waals surface area contributed by atoms with Gasteiger partial charge in [-0.3, -0.25) is 4.79 Å². The number of nitrogens with one attached hydrogen (secondary N) is 2. The second-order valence-corrected chi connectivity index (χ2v) is 5.24. The Kier molecular flexibility index (Phi) is 5.51. The minimum absolute atomic E-state index is 0.0151. The molecule has 0 saturated carbocycles. The molecule has 3 N–H and O–H groups in total. The highest BCUT2D eigenvalue weighted by molar-refractivity contribution is 5.91. The van der Waals surface area contributed by atoms with Crippen LogP contribution >= 0.6 is 0 Å². The Morgan fingerprint density at radius 3 is 2.81 bits per heavy atom. The third-order valence-electron chi connectivity index (χ3n) is 3.52. The van der Waals surface area contributed by atoms with E-state index in [9.17, 15) is 9.59 Å². The fraction of sp³-hybridized carbons (Fsp3) is 0.375. The van der Waals surface area contributed by atoms with Crippen molar-refractivity contribution in [1.29, 1.82) is 0 Å². The molecule has 0 aromatic heterocycles. The molecule has 5 heteroatoms. The van der Waals surface area contributed by atoms with Crippen LogP contribution in [0.3, 0.4) is 0 Å². The summed E-state index contributed by atoms with van der Waals surface area (Å²) in [4.78, 5) is 22.5. The van der Waals surface area contributed by atoms with Gasteiger partial charge in [-0.2, -0.15) is 0 Å². The van der Waals surface area contributed by atoms with Gasteiger partial charge in [0, 0.05) is 18.2 Å². The lowest BCUT2D eigenvalue weighted by Gasteiger charge is -2.21. The van der Waals surface area contributed by atoms with E-state index < -0.39 is 5.97 Å². The largest absolute Gasteiger partial charge is 0.478 e. The fourth-order valence-corrected chi connectivity index (χ4v) is 2.45. The number of carboxylic acid groups (broad SMARTS) is 1. The van der Waals surface area contributed by atoms with Crippen LogP contribution in [0.1, 0.15) is 24.8 Å². The monoisotopic (exact) mass is 288 g/mol. The molecular formula is C16H20N2O3. The predicted octanol–water partition coefficient (Wildman–Crippen LogP) is 2.11. The van der Waals surface area contributed by atoms with Crippen LogP contribution in [0.25, 0.3) is 6.08 Å².